The number of anilines is 1. The molecule has 2 heterocycles. The van der Waals surface area contributed by atoms with Gasteiger partial charge in [-0.25, -0.2) is 0 Å². The summed E-state index contributed by atoms with van der Waals surface area (Å²) in [5.41, 5.74) is 2.58. The Bertz CT molecular complexity index is 1570. The third kappa shape index (κ3) is 6.75. The number of thioether (sulfide) groups is 1. The molecule has 1 aliphatic heterocycles. The first kappa shape index (κ1) is 28.3. The van der Waals surface area contributed by atoms with Crippen molar-refractivity contribution in [2.24, 2.45) is 0 Å². The fraction of sp³-hybridized carbons (Fsp3) is 0.188. The maximum atomic E-state index is 13.5. The van der Waals surface area contributed by atoms with E-state index in [0.29, 0.717) is 33.1 Å². The monoisotopic (exact) mass is 583 g/mol. The Morgan fingerprint density at radius 2 is 1.80 bits per heavy atom. The van der Waals surface area contributed by atoms with Crippen LogP contribution in [0.1, 0.15) is 42.5 Å². The van der Waals surface area contributed by atoms with E-state index in [1.54, 1.807) is 12.1 Å². The van der Waals surface area contributed by atoms with Gasteiger partial charge in [-0.3, -0.25) is 14.5 Å². The Labute approximate surface area is 247 Å². The second-order valence-electron chi connectivity index (χ2n) is 9.35. The van der Waals surface area contributed by atoms with Crippen molar-refractivity contribution >= 4 is 46.0 Å². The second-order valence-corrected chi connectivity index (χ2v) is 11.5. The van der Waals surface area contributed by atoms with Crippen LogP contribution in [0.2, 0.25) is 0 Å². The van der Waals surface area contributed by atoms with E-state index in [4.69, 9.17) is 4.74 Å². The number of amides is 1. The molecule has 0 bridgehead atoms. The number of allylic oxidation sites excluding steroid dienone is 1. The largest absolute Gasteiger partial charge is 0.503 e. The van der Waals surface area contributed by atoms with Gasteiger partial charge >= 0.3 is 0 Å². The van der Waals surface area contributed by atoms with Crippen LogP contribution in [0, 0.1) is 0 Å². The predicted molar refractivity (Wildman–Crippen MR) is 163 cm³/mol. The van der Waals surface area contributed by atoms with Crippen molar-refractivity contribution in [2.45, 2.75) is 35.9 Å². The molecule has 0 saturated carbocycles. The summed E-state index contributed by atoms with van der Waals surface area (Å²) in [6.45, 7) is 2.64. The third-order valence-corrected chi connectivity index (χ3v) is 8.57. The fourth-order valence-corrected chi connectivity index (χ4v) is 6.21. The van der Waals surface area contributed by atoms with Gasteiger partial charge in [-0.15, -0.1) is 10.2 Å². The lowest BCUT2D eigenvalue weighted by Crippen LogP contribution is -2.30. The van der Waals surface area contributed by atoms with Crippen LogP contribution in [0.5, 0.6) is 5.75 Å². The van der Waals surface area contributed by atoms with Gasteiger partial charge in [0.1, 0.15) is 5.75 Å². The van der Waals surface area contributed by atoms with Gasteiger partial charge in [0, 0.05) is 5.75 Å². The Morgan fingerprint density at radius 3 is 2.56 bits per heavy atom. The van der Waals surface area contributed by atoms with E-state index < -0.39 is 23.5 Å². The minimum Gasteiger partial charge on any atom is -0.503 e. The summed E-state index contributed by atoms with van der Waals surface area (Å²) in [6.07, 6.45) is 4.95. The summed E-state index contributed by atoms with van der Waals surface area (Å²) in [5, 5.41) is 19.9. The summed E-state index contributed by atoms with van der Waals surface area (Å²) in [7, 11) is 0. The van der Waals surface area contributed by atoms with Crippen LogP contribution in [0.25, 0.3) is 6.08 Å². The van der Waals surface area contributed by atoms with Crippen molar-refractivity contribution in [1.29, 1.82) is 0 Å². The highest BCUT2D eigenvalue weighted by Crippen LogP contribution is 2.44. The number of carbonyl (C=O) groups is 2. The first-order chi connectivity index (χ1) is 20.0. The second kappa shape index (κ2) is 13.4. The van der Waals surface area contributed by atoms with Gasteiger partial charge in [-0.2, -0.15) is 0 Å². The number of hydrogen-bond acceptors (Lipinski definition) is 8. The summed E-state index contributed by atoms with van der Waals surface area (Å²) < 4.78 is 6.59. The van der Waals surface area contributed by atoms with E-state index in [1.165, 1.54) is 34.1 Å². The molecule has 1 unspecified atom stereocenters. The normalized spacial score (nSPS) is 15.2. The molecule has 1 amide bonds. The average Bonchev–Trinajstić information content (AvgIpc) is 3.58. The molecule has 1 N–H and O–H groups in total. The van der Waals surface area contributed by atoms with E-state index in [1.807, 2.05) is 78.9 Å². The zero-order valence-electron chi connectivity index (χ0n) is 22.5. The van der Waals surface area contributed by atoms with E-state index in [0.717, 1.165) is 24.0 Å². The molecular weight excluding hydrogens is 555 g/mol. The summed E-state index contributed by atoms with van der Waals surface area (Å²) in [4.78, 5) is 28.4. The molecular formula is C32H29N3O4S2. The lowest BCUT2D eigenvalue weighted by atomic mass is 9.95. The number of ether oxygens (including phenoxy) is 1. The van der Waals surface area contributed by atoms with E-state index in [9.17, 15) is 14.7 Å². The molecule has 208 valence electrons. The lowest BCUT2D eigenvalue weighted by Gasteiger charge is -2.24. The van der Waals surface area contributed by atoms with Crippen LogP contribution < -0.4 is 9.64 Å². The molecule has 9 heteroatoms. The number of unbranched alkanes of at least 4 members (excludes halogenated alkanes) is 1. The zero-order valence-corrected chi connectivity index (χ0v) is 24.1. The molecule has 1 aliphatic rings. The van der Waals surface area contributed by atoms with Gasteiger partial charge in [-0.1, -0.05) is 115 Å². The Kier molecular flexibility index (Phi) is 9.28. The summed E-state index contributed by atoms with van der Waals surface area (Å²) >= 11 is 2.76. The molecule has 1 aromatic heterocycles. The highest BCUT2D eigenvalue weighted by atomic mass is 32.2. The van der Waals surface area contributed by atoms with Crippen molar-refractivity contribution in [2.75, 3.05) is 11.5 Å². The number of aromatic nitrogens is 2. The van der Waals surface area contributed by atoms with Gasteiger partial charge < -0.3 is 9.84 Å². The number of carbonyl (C=O) groups excluding carboxylic acids is 2. The number of aliphatic hydroxyl groups is 1. The van der Waals surface area contributed by atoms with E-state index >= 15 is 0 Å². The van der Waals surface area contributed by atoms with Crippen LogP contribution >= 0.6 is 23.1 Å². The van der Waals surface area contributed by atoms with Crippen molar-refractivity contribution in [1.82, 2.24) is 10.2 Å². The Balaban J connectivity index is 1.47. The molecule has 0 spiro atoms. The molecule has 5 rings (SSSR count). The quantitative estimate of drug-likeness (QED) is 0.0816. The minimum atomic E-state index is -0.898. The molecule has 41 heavy (non-hydrogen) atoms. The molecule has 7 nitrogen and oxygen atoms in total. The number of nitrogens with zero attached hydrogens (tertiary/aromatic N) is 3. The van der Waals surface area contributed by atoms with Crippen LogP contribution in [-0.4, -0.2) is 33.6 Å². The highest BCUT2D eigenvalue weighted by molar-refractivity contribution is 8.00. The molecule has 1 atom stereocenters. The van der Waals surface area contributed by atoms with Gasteiger partial charge in [0.15, 0.2) is 15.9 Å². The van der Waals surface area contributed by atoms with Crippen molar-refractivity contribution in [3.8, 4) is 5.75 Å². The predicted octanol–water partition coefficient (Wildman–Crippen LogP) is 7.19. The molecule has 0 fully saturated rings. The molecule has 3 aromatic carbocycles. The Hall–Kier alpha value is -4.21. The van der Waals surface area contributed by atoms with Gasteiger partial charge in [0.25, 0.3) is 5.91 Å². The molecule has 4 aromatic rings. The maximum absolute atomic E-state index is 13.5. The molecule has 0 saturated heterocycles. The third-order valence-electron chi connectivity index (χ3n) is 6.45. The average molecular weight is 584 g/mol. The van der Waals surface area contributed by atoms with Gasteiger partial charge in [-0.05, 0) is 41.3 Å². The van der Waals surface area contributed by atoms with Crippen LogP contribution in [0.3, 0.4) is 0 Å². The smallest absolute Gasteiger partial charge is 0.296 e. The SMILES string of the molecule is CCCCOc1cccc(C2C(C(=O)/C=C/c3ccccc3)=C(O)C(=O)N2c2nnc(SCc3ccccc3)s2)c1. The van der Waals surface area contributed by atoms with Crippen molar-refractivity contribution in [3.05, 3.63) is 119 Å². The fourth-order valence-electron chi connectivity index (χ4n) is 4.38. The number of ketones is 1. The molecule has 0 aliphatic carbocycles. The van der Waals surface area contributed by atoms with E-state index in [-0.39, 0.29) is 5.57 Å². The number of rotatable bonds is 12. The highest BCUT2D eigenvalue weighted by Gasteiger charge is 2.45. The molecule has 0 radical (unpaired) electrons. The van der Waals surface area contributed by atoms with E-state index in [2.05, 4.69) is 17.1 Å². The van der Waals surface area contributed by atoms with Crippen molar-refractivity contribution in [3.63, 3.8) is 0 Å². The number of benzene rings is 3. The zero-order chi connectivity index (χ0) is 28.6. The number of hydrogen-bond donors (Lipinski definition) is 1. The minimum absolute atomic E-state index is 0.0124. The van der Waals surface area contributed by atoms with Crippen LogP contribution in [0.15, 0.2) is 107 Å². The van der Waals surface area contributed by atoms with Crippen LogP contribution in [0.4, 0.5) is 5.13 Å². The van der Waals surface area contributed by atoms with Crippen molar-refractivity contribution < 1.29 is 19.4 Å². The lowest BCUT2D eigenvalue weighted by molar-refractivity contribution is -0.117. The van der Waals surface area contributed by atoms with Gasteiger partial charge in [0.05, 0.1) is 18.2 Å². The first-order valence-electron chi connectivity index (χ1n) is 13.3. The topological polar surface area (TPSA) is 92.6 Å². The van der Waals surface area contributed by atoms with Gasteiger partial charge in [0.2, 0.25) is 5.13 Å². The summed E-state index contributed by atoms with van der Waals surface area (Å²) in [5.74, 6) is -0.435. The standard InChI is InChI=1S/C32H29N3O4S2/c1-2-3-19-39-25-16-10-15-24(20-25)28-27(26(36)18-17-22-11-6-4-7-12-22)29(37)30(38)35(28)31-33-34-32(41-31)40-21-23-13-8-5-9-14-23/h4-18,20,28,37H,2-3,19,21H2,1H3/b18-17+. The Morgan fingerprint density at radius 1 is 1.05 bits per heavy atom. The first-order valence-corrected chi connectivity index (χ1v) is 15.1. The summed E-state index contributed by atoms with van der Waals surface area (Å²) in [6, 6.07) is 25.7. The van der Waals surface area contributed by atoms with Crippen LogP contribution in [-0.2, 0) is 15.3 Å². The maximum Gasteiger partial charge on any atom is 0.296 e. The number of aliphatic hydroxyl groups excluding tert-OH is 1.